The van der Waals surface area contributed by atoms with Crippen LogP contribution >= 0.6 is 12.6 Å². The number of amides is 20. The second kappa shape index (κ2) is 58.3. The number of hydrogen-bond donors (Lipinski definition) is 25. The number of H-pyrrole nitrogens is 2. The first-order chi connectivity index (χ1) is 64.4. The Morgan fingerprint density at radius 2 is 0.693 bits per heavy atom. The van der Waals surface area contributed by atoms with Gasteiger partial charge in [-0.3, -0.25) is 95.9 Å². The summed E-state index contributed by atoms with van der Waals surface area (Å²) in [7, 11) is 0. The zero-order valence-electron chi connectivity index (χ0n) is 80.5. The van der Waals surface area contributed by atoms with Crippen molar-refractivity contribution < 1.29 is 95.9 Å². The van der Waals surface area contributed by atoms with Crippen molar-refractivity contribution in [3.8, 4) is 0 Å². The fraction of sp³-hybridized carbons (Fsp3) is 0.600. The van der Waals surface area contributed by atoms with Gasteiger partial charge in [-0.15, -0.1) is 0 Å². The monoisotopic (exact) mass is 1940 g/mol. The van der Waals surface area contributed by atoms with Crippen molar-refractivity contribution in [2.45, 2.75) is 284 Å². The molecule has 758 valence electrons. The molecule has 2 aromatic carbocycles. The molecule has 4 aromatic rings. The zero-order chi connectivity index (χ0) is 103. The third-order valence-electron chi connectivity index (χ3n) is 21.4. The van der Waals surface area contributed by atoms with E-state index in [0.717, 1.165) is 16.3 Å². The van der Waals surface area contributed by atoms with E-state index < -0.39 is 252 Å². The number of carbonyl (C=O) groups excluding carboxylic acids is 20. The number of thiol groups is 1. The summed E-state index contributed by atoms with van der Waals surface area (Å²) in [6, 6.07) is -9.06. The molecule has 0 aliphatic carbocycles. The molecule has 16 atom stereocenters. The van der Waals surface area contributed by atoms with Gasteiger partial charge in [-0.2, -0.15) is 12.6 Å². The Morgan fingerprint density at radius 1 is 0.350 bits per heavy atom. The van der Waals surface area contributed by atoms with E-state index in [-0.39, 0.29) is 93.9 Å². The zero-order valence-corrected chi connectivity index (χ0v) is 81.4. The molecule has 2 heterocycles. The van der Waals surface area contributed by atoms with Crippen LogP contribution in [-0.4, -0.2) is 260 Å². The summed E-state index contributed by atoms with van der Waals surface area (Å²) in [6.45, 7) is 23.4. The van der Waals surface area contributed by atoms with Gasteiger partial charge in [0.15, 0.2) is 0 Å². The van der Waals surface area contributed by atoms with Crippen LogP contribution in [0.3, 0.4) is 0 Å². The maximum Gasteiger partial charge on any atom is 0.244 e. The van der Waals surface area contributed by atoms with Gasteiger partial charge in [-0.1, -0.05) is 126 Å². The molecule has 0 aliphatic heterocycles. The Balaban J connectivity index is 1.45. The highest BCUT2D eigenvalue weighted by molar-refractivity contribution is 7.80. The minimum absolute atomic E-state index is 0.00239. The molecule has 0 saturated carbocycles. The number of hydrogen-bond acceptors (Lipinski definition) is 25. The molecule has 0 saturated heterocycles. The molecule has 0 bridgehead atoms. The second-order valence-corrected chi connectivity index (χ2v) is 36.9. The normalized spacial score (nSPS) is 14.9. The molecule has 2 aromatic heterocycles. The molecule has 0 fully saturated rings. The van der Waals surface area contributed by atoms with E-state index in [2.05, 4.69) is 123 Å². The summed E-state index contributed by atoms with van der Waals surface area (Å²) in [5, 5.41) is 45.0. The lowest BCUT2D eigenvalue weighted by atomic mass is 9.99. The van der Waals surface area contributed by atoms with Gasteiger partial charge in [-0.05, 0) is 137 Å². The number of benzene rings is 2. The number of aromatic amines is 2. The Bertz CT molecular complexity index is 4760. The SMILES string of the molecule is CC(C)C[C@H](NC(=O)CNC(=O)[C@H](Cc1cnc[nH]1)NC(=O)[C@H](Cc1cnc[nH]1)NC(=O)[C@H](CC(C)C)NC(=O)[C@H](CC(C)C)NC(=O)[C@H](C)NC(=O)[C@H](CC(N)=O)NC(=O)[C@H](CC(C)C)NC(=O)[C@@H](N)Cc1ccc2ccccc2c1)C(=O)N[C@@H](CC(N)=O)C(=O)N[C@@H](CS)C(=O)N[C@@H](C)C(=O)N[C@@H](CCCCN)C(=O)NCC(=O)N[C@H](C(=O)N[C@@H](CC(C)C)C(=O)N[C@@H](C)C(N)=O)C(C)C. The number of imidazole rings is 2. The molecule has 0 aliphatic rings. The highest BCUT2D eigenvalue weighted by Crippen LogP contribution is 2.20. The Kier molecular flexibility index (Phi) is 49.4. The van der Waals surface area contributed by atoms with Crippen molar-refractivity contribution in [3.05, 3.63) is 84.5 Å². The predicted molar refractivity (Wildman–Crippen MR) is 508 cm³/mol. The predicted octanol–water partition coefficient (Wildman–Crippen LogP) is -4.61. The number of aromatic nitrogens is 4. The first kappa shape index (κ1) is 116. The molecule has 0 unspecified atom stereocenters. The molecule has 0 radical (unpaired) electrons. The van der Waals surface area contributed by atoms with E-state index in [1.165, 1.54) is 45.8 Å². The smallest absolute Gasteiger partial charge is 0.244 e. The number of carbonyl (C=O) groups is 20. The van der Waals surface area contributed by atoms with Crippen LogP contribution in [0.25, 0.3) is 10.8 Å². The molecular formula is C90H142N26O20S. The van der Waals surface area contributed by atoms with Gasteiger partial charge in [-0.25, -0.2) is 9.97 Å². The molecule has 20 amide bonds. The van der Waals surface area contributed by atoms with Crippen LogP contribution < -0.4 is 119 Å². The second-order valence-electron chi connectivity index (χ2n) is 36.6. The van der Waals surface area contributed by atoms with Gasteiger partial charge in [0.1, 0.15) is 90.6 Å². The Labute approximate surface area is 802 Å². The van der Waals surface area contributed by atoms with Gasteiger partial charge in [0, 0.05) is 42.4 Å². The summed E-state index contributed by atoms with van der Waals surface area (Å²) in [4.78, 5) is 288. The number of nitrogens with zero attached hydrogens (tertiary/aromatic N) is 2. The van der Waals surface area contributed by atoms with Crippen molar-refractivity contribution in [2.24, 2.45) is 64.2 Å². The maximum absolute atomic E-state index is 14.8. The van der Waals surface area contributed by atoms with Crippen LogP contribution in [0.2, 0.25) is 0 Å². The van der Waals surface area contributed by atoms with Crippen molar-refractivity contribution in [1.82, 2.24) is 110 Å². The Hall–Kier alpha value is -13.2. The van der Waals surface area contributed by atoms with Crippen LogP contribution in [0.1, 0.15) is 185 Å². The summed E-state index contributed by atoms with van der Waals surface area (Å²) in [6.07, 6.45) is 4.05. The van der Waals surface area contributed by atoms with Crippen LogP contribution in [-0.2, 0) is 115 Å². The number of rotatable bonds is 61. The quantitative estimate of drug-likeness (QED) is 0.0146. The van der Waals surface area contributed by atoms with Crippen LogP contribution in [0.5, 0.6) is 0 Å². The van der Waals surface area contributed by atoms with Gasteiger partial charge in [0.05, 0.1) is 44.6 Å². The number of fused-ring (bicyclic) bond motifs is 1. The Morgan fingerprint density at radius 3 is 1.11 bits per heavy atom. The summed E-state index contributed by atoms with van der Waals surface area (Å²) < 4.78 is 0. The van der Waals surface area contributed by atoms with Crippen LogP contribution in [0, 0.1) is 35.5 Å². The third-order valence-corrected chi connectivity index (χ3v) is 21.8. The summed E-state index contributed by atoms with van der Waals surface area (Å²) in [5.41, 5.74) is 29.9. The first-order valence-corrected chi connectivity index (χ1v) is 46.5. The number of nitrogens with two attached hydrogens (primary N) is 5. The molecule has 46 nitrogen and oxygen atoms in total. The lowest BCUT2D eigenvalue weighted by Gasteiger charge is -2.28. The number of primary amides is 3. The van der Waals surface area contributed by atoms with Gasteiger partial charge < -0.3 is 129 Å². The minimum Gasteiger partial charge on any atom is -0.370 e. The van der Waals surface area contributed by atoms with E-state index in [9.17, 15) is 95.9 Å². The average Bonchev–Trinajstić information content (AvgIpc) is 1.44. The van der Waals surface area contributed by atoms with E-state index in [1.54, 1.807) is 83.1 Å². The standard InChI is InChI=1S/C90H142N26O20S/c1-44(2)26-60(83(129)113-68(36-71(94)118)88(134)115-69(41-137)89(135)104-51(14)76(122)106-59(22-18-19-25-91)79(125)98-40-73(120)116-74(49(11)12)90(136)114-61(27-45(3)4)81(127)102-50(13)75(95)121)105-72(119)39-99-80(126)65(33-56-37-96-42-100-56)110-87(133)66(34-57-38-97-43-101-57)111-86(132)64(30-48(9)10)109-84(130)62(28-46(5)6)107-77(123)52(15)103-82(128)67(35-70(93)117)112-85(131)63(29-47(7)8)108-78(124)58(92)32-53-23-24-54-20-16-17-21-55(54)31-53/h16-17,20-21,23-24,31,37-38,42-52,58-69,74,137H,18-19,22,25-30,32-36,39-41,91-92H2,1-15H3,(H2,93,117)(H2,94,118)(H2,95,121)(H,96,100)(H,97,101)(H,98,125)(H,99,126)(H,102,127)(H,103,128)(H,104,135)(H,105,119)(H,106,122)(H,107,123)(H,108,124)(H,109,130)(H,110,133)(H,111,132)(H,112,131)(H,113,129)(H,114,136)(H,115,134)(H,116,120)/t50-,51-,52-,58-,59-,60-,61-,62-,63-,64-,65-,66-,67-,68-,69-,74-/m0/s1. The average molecular weight is 1940 g/mol. The third kappa shape index (κ3) is 42.3. The van der Waals surface area contributed by atoms with E-state index >= 15 is 0 Å². The van der Waals surface area contributed by atoms with E-state index in [4.69, 9.17) is 28.7 Å². The molecule has 137 heavy (non-hydrogen) atoms. The topological polar surface area (TPSA) is 733 Å². The molecule has 0 spiro atoms. The van der Waals surface area contributed by atoms with Crippen LogP contribution in [0.4, 0.5) is 0 Å². The maximum atomic E-state index is 14.8. The van der Waals surface area contributed by atoms with E-state index in [1.807, 2.05) is 42.5 Å². The lowest BCUT2D eigenvalue weighted by Crippen LogP contribution is -2.61. The molecule has 47 heteroatoms. The van der Waals surface area contributed by atoms with Gasteiger partial charge in [0.2, 0.25) is 118 Å². The lowest BCUT2D eigenvalue weighted by molar-refractivity contribution is -0.136. The largest absolute Gasteiger partial charge is 0.370 e. The highest BCUT2D eigenvalue weighted by Gasteiger charge is 2.39. The van der Waals surface area contributed by atoms with Crippen molar-refractivity contribution in [3.63, 3.8) is 0 Å². The first-order valence-electron chi connectivity index (χ1n) is 45.8. The summed E-state index contributed by atoms with van der Waals surface area (Å²) in [5.74, 6) is -20.4. The van der Waals surface area contributed by atoms with Crippen LogP contribution in [0.15, 0.2) is 67.5 Å². The summed E-state index contributed by atoms with van der Waals surface area (Å²) >= 11 is 4.22. The van der Waals surface area contributed by atoms with Gasteiger partial charge in [0.25, 0.3) is 0 Å². The van der Waals surface area contributed by atoms with Gasteiger partial charge >= 0.3 is 0 Å². The van der Waals surface area contributed by atoms with E-state index in [0.29, 0.717) is 24.2 Å². The molecule has 4 rings (SSSR count). The number of nitrogens with one attached hydrogen (secondary N) is 19. The van der Waals surface area contributed by atoms with Crippen molar-refractivity contribution >= 4 is 142 Å². The van der Waals surface area contributed by atoms with Crippen molar-refractivity contribution in [2.75, 3.05) is 25.4 Å². The number of unbranched alkanes of at least 4 members (excludes halogenated alkanes) is 1. The minimum atomic E-state index is -1.82. The molecular weight excluding hydrogens is 1800 g/mol. The fourth-order valence-electron chi connectivity index (χ4n) is 14.2. The molecule has 29 N–H and O–H groups in total. The highest BCUT2D eigenvalue weighted by atomic mass is 32.1. The fourth-order valence-corrected chi connectivity index (χ4v) is 14.4. The van der Waals surface area contributed by atoms with Crippen molar-refractivity contribution in [1.29, 1.82) is 0 Å².